The molecule has 0 aliphatic rings. The highest BCUT2D eigenvalue weighted by Crippen LogP contribution is 2.14. The second kappa shape index (κ2) is 6.42. The van der Waals surface area contributed by atoms with Crippen LogP contribution in [0.5, 0.6) is 0 Å². The summed E-state index contributed by atoms with van der Waals surface area (Å²) in [6.45, 7) is 0. The van der Waals surface area contributed by atoms with Crippen LogP contribution < -0.4 is 16.4 Å². The molecule has 0 spiro atoms. The normalized spacial score (nSPS) is 8.00. The van der Waals surface area contributed by atoms with Gasteiger partial charge >= 0.3 is 0 Å². The van der Waals surface area contributed by atoms with E-state index < -0.39 is 0 Å². The fourth-order valence-electron chi connectivity index (χ4n) is 0.806. The molecule has 12 heavy (non-hydrogen) atoms. The van der Waals surface area contributed by atoms with Crippen LogP contribution in [0.2, 0.25) is 0 Å². The minimum absolute atomic E-state index is 0.880. The first kappa shape index (κ1) is 10.7. The van der Waals surface area contributed by atoms with E-state index in [2.05, 4.69) is 21.4 Å². The van der Waals surface area contributed by atoms with Crippen LogP contribution in [-0.2, 0) is 0 Å². The first-order valence-electron chi connectivity index (χ1n) is 3.76. The molecule has 1 heterocycles. The fourth-order valence-corrected chi connectivity index (χ4v) is 0.806. The third kappa shape index (κ3) is 2.75. The maximum Gasteiger partial charge on any atom is 0.149 e. The van der Waals surface area contributed by atoms with E-state index in [9.17, 15) is 0 Å². The monoisotopic (exact) mass is 168 g/mol. The zero-order valence-corrected chi connectivity index (χ0v) is 7.76. The fraction of sp³-hybridized carbons (Fsp3) is 0.375. The molecule has 1 aromatic rings. The molecule has 0 radical (unpaired) electrons. The maximum atomic E-state index is 4.50. The lowest BCUT2D eigenvalue weighted by Gasteiger charge is -2.04. The highest BCUT2D eigenvalue weighted by atomic mass is 15.0. The third-order valence-electron chi connectivity index (χ3n) is 1.31. The van der Waals surface area contributed by atoms with E-state index in [4.69, 9.17) is 0 Å². The Labute approximate surface area is 73.2 Å². The van der Waals surface area contributed by atoms with Crippen LogP contribution in [0.25, 0.3) is 0 Å². The van der Waals surface area contributed by atoms with Gasteiger partial charge in [0.2, 0.25) is 0 Å². The molecule has 0 fully saturated rings. The van der Waals surface area contributed by atoms with E-state index in [-0.39, 0.29) is 0 Å². The van der Waals surface area contributed by atoms with Gasteiger partial charge in [-0.25, -0.2) is 4.98 Å². The first-order chi connectivity index (χ1) is 5.88. The number of anilines is 2. The molecule has 4 N–H and O–H groups in total. The Kier molecular flexibility index (Phi) is 5.73. The molecule has 0 atom stereocenters. The molecular weight excluding hydrogens is 152 g/mol. The molecule has 0 unspecified atom stereocenters. The average Bonchev–Trinajstić information content (AvgIpc) is 2.20. The Morgan fingerprint density at radius 3 is 2.33 bits per heavy atom. The summed E-state index contributed by atoms with van der Waals surface area (Å²) in [5.41, 5.74) is 5.52. The van der Waals surface area contributed by atoms with Gasteiger partial charge in [0, 0.05) is 20.3 Å². The maximum absolute atomic E-state index is 4.50. The molecule has 1 aromatic heterocycles. The van der Waals surface area contributed by atoms with Crippen molar-refractivity contribution in [1.82, 2.24) is 4.98 Å². The Morgan fingerprint density at radius 2 is 1.92 bits per heavy atom. The Hall–Kier alpha value is -1.29. The van der Waals surface area contributed by atoms with Gasteiger partial charge < -0.3 is 16.4 Å². The lowest BCUT2D eigenvalue weighted by atomic mass is 10.4. The van der Waals surface area contributed by atoms with E-state index >= 15 is 0 Å². The summed E-state index contributed by atoms with van der Waals surface area (Å²) >= 11 is 0. The molecule has 4 heteroatoms. The van der Waals surface area contributed by atoms with Gasteiger partial charge in [-0.3, -0.25) is 0 Å². The van der Waals surface area contributed by atoms with Gasteiger partial charge in [0.05, 0.1) is 5.69 Å². The minimum Gasteiger partial charge on any atom is -0.385 e. The number of hydrogen-bond acceptors (Lipinski definition) is 4. The van der Waals surface area contributed by atoms with Crippen molar-refractivity contribution in [2.75, 3.05) is 31.8 Å². The van der Waals surface area contributed by atoms with Crippen molar-refractivity contribution in [1.29, 1.82) is 0 Å². The molecule has 0 bridgehead atoms. The van der Waals surface area contributed by atoms with Crippen LogP contribution in [0.1, 0.15) is 0 Å². The van der Waals surface area contributed by atoms with Crippen LogP contribution in [0, 0.1) is 0 Å². The van der Waals surface area contributed by atoms with E-state index in [1.807, 2.05) is 26.2 Å². The first-order valence-corrected chi connectivity index (χ1v) is 3.76. The van der Waals surface area contributed by atoms with Crippen molar-refractivity contribution < 1.29 is 0 Å². The molecule has 0 aromatic carbocycles. The quantitative estimate of drug-likeness (QED) is 0.609. The van der Waals surface area contributed by atoms with Crippen molar-refractivity contribution in [2.45, 2.75) is 0 Å². The molecule has 68 valence electrons. The Balaban J connectivity index is 0.000000561. The number of hydrogen-bond donors (Lipinski definition) is 3. The number of aromatic nitrogens is 1. The molecule has 0 saturated carbocycles. The summed E-state index contributed by atoms with van der Waals surface area (Å²) in [4.78, 5) is 4.09. The van der Waals surface area contributed by atoms with E-state index in [1.54, 1.807) is 6.20 Å². The number of rotatable bonds is 2. The Bertz CT molecular complexity index is 189. The van der Waals surface area contributed by atoms with Crippen molar-refractivity contribution in [2.24, 2.45) is 5.73 Å². The summed E-state index contributed by atoms with van der Waals surface area (Å²) in [5, 5.41) is 5.99. The van der Waals surface area contributed by atoms with Crippen molar-refractivity contribution in [3.05, 3.63) is 18.3 Å². The summed E-state index contributed by atoms with van der Waals surface area (Å²) in [7, 11) is 5.22. The van der Waals surface area contributed by atoms with Gasteiger partial charge in [0.15, 0.2) is 0 Å². The lowest BCUT2D eigenvalue weighted by molar-refractivity contribution is 1.27. The van der Waals surface area contributed by atoms with Crippen LogP contribution in [0.3, 0.4) is 0 Å². The largest absolute Gasteiger partial charge is 0.385 e. The van der Waals surface area contributed by atoms with Crippen LogP contribution in [-0.4, -0.2) is 26.1 Å². The zero-order valence-electron chi connectivity index (χ0n) is 7.76. The second-order valence-corrected chi connectivity index (χ2v) is 1.90. The number of nitrogens with one attached hydrogen (secondary N) is 2. The second-order valence-electron chi connectivity index (χ2n) is 1.90. The van der Waals surface area contributed by atoms with Crippen LogP contribution >= 0.6 is 0 Å². The Morgan fingerprint density at radius 1 is 1.25 bits per heavy atom. The smallest absolute Gasteiger partial charge is 0.149 e. The third-order valence-corrected chi connectivity index (χ3v) is 1.31. The molecule has 0 amide bonds. The van der Waals surface area contributed by atoms with E-state index in [0.29, 0.717) is 0 Å². The van der Waals surface area contributed by atoms with Crippen molar-refractivity contribution in [3.8, 4) is 0 Å². The topological polar surface area (TPSA) is 63.0 Å². The van der Waals surface area contributed by atoms with Gasteiger partial charge in [0.1, 0.15) is 5.82 Å². The summed E-state index contributed by atoms with van der Waals surface area (Å²) in [6, 6.07) is 3.87. The van der Waals surface area contributed by atoms with Crippen molar-refractivity contribution >= 4 is 11.5 Å². The SMILES string of the molecule is CN.CNc1cccnc1NC. The molecule has 0 aliphatic heterocycles. The number of nitrogens with two attached hydrogens (primary N) is 1. The lowest BCUT2D eigenvalue weighted by Crippen LogP contribution is -1.97. The molecule has 1 rings (SSSR count). The van der Waals surface area contributed by atoms with Gasteiger partial charge in [0.25, 0.3) is 0 Å². The standard InChI is InChI=1S/C7H11N3.CH5N/c1-8-6-4-3-5-10-7(6)9-2;1-2/h3-5,8H,1-2H3,(H,9,10);2H2,1H3. The van der Waals surface area contributed by atoms with E-state index in [1.165, 1.54) is 7.05 Å². The van der Waals surface area contributed by atoms with E-state index in [0.717, 1.165) is 11.5 Å². The average molecular weight is 168 g/mol. The summed E-state index contributed by atoms with van der Waals surface area (Å²) in [5.74, 6) is 0.880. The van der Waals surface area contributed by atoms with Gasteiger partial charge in [-0.15, -0.1) is 0 Å². The van der Waals surface area contributed by atoms with Gasteiger partial charge in [-0.2, -0.15) is 0 Å². The molecule has 0 saturated heterocycles. The highest BCUT2D eigenvalue weighted by Gasteiger charge is 1.94. The predicted octanol–water partition coefficient (Wildman–Crippen LogP) is 0.740. The number of nitrogens with zero attached hydrogens (tertiary/aromatic N) is 1. The zero-order chi connectivity index (χ0) is 9.40. The predicted molar refractivity (Wildman–Crippen MR) is 53.4 cm³/mol. The summed E-state index contributed by atoms with van der Waals surface area (Å²) in [6.07, 6.45) is 1.76. The molecular formula is C8H16N4. The van der Waals surface area contributed by atoms with Crippen molar-refractivity contribution in [3.63, 3.8) is 0 Å². The number of pyridine rings is 1. The van der Waals surface area contributed by atoms with Gasteiger partial charge in [-0.1, -0.05) is 0 Å². The van der Waals surface area contributed by atoms with Crippen LogP contribution in [0.4, 0.5) is 11.5 Å². The molecule has 0 aliphatic carbocycles. The van der Waals surface area contributed by atoms with Crippen LogP contribution in [0.15, 0.2) is 18.3 Å². The minimum atomic E-state index is 0.880. The highest BCUT2D eigenvalue weighted by molar-refractivity contribution is 5.62. The molecule has 4 nitrogen and oxygen atoms in total. The summed E-state index contributed by atoms with van der Waals surface area (Å²) < 4.78 is 0. The van der Waals surface area contributed by atoms with Gasteiger partial charge in [-0.05, 0) is 19.2 Å².